The summed E-state index contributed by atoms with van der Waals surface area (Å²) < 4.78 is 5.47. The molecule has 2 aromatic carbocycles. The third-order valence-electron chi connectivity index (χ3n) is 5.26. The number of morpholine rings is 1. The smallest absolute Gasteiger partial charge is 0.232 e. The van der Waals surface area contributed by atoms with Gasteiger partial charge in [0.25, 0.3) is 0 Å². The van der Waals surface area contributed by atoms with Crippen molar-refractivity contribution >= 4 is 23.4 Å². The van der Waals surface area contributed by atoms with Crippen molar-refractivity contribution in [1.29, 1.82) is 0 Å². The lowest BCUT2D eigenvalue weighted by molar-refractivity contribution is -0.127. The number of ether oxygens (including phenoxy) is 1. The Kier molecular flexibility index (Phi) is 7.25. The van der Waals surface area contributed by atoms with E-state index in [2.05, 4.69) is 68.1 Å². The number of hydrogen-bond donors (Lipinski definition) is 0. The number of amides is 1. The van der Waals surface area contributed by atoms with E-state index in [1.807, 2.05) is 18.0 Å². The van der Waals surface area contributed by atoms with Gasteiger partial charge in [0.1, 0.15) is 0 Å². The zero-order valence-electron chi connectivity index (χ0n) is 18.0. The number of hydrogen-bond acceptors (Lipinski definition) is 4. The molecule has 0 bridgehead atoms. The zero-order valence-corrected chi connectivity index (χ0v) is 18.8. The lowest BCUT2D eigenvalue weighted by Crippen LogP contribution is -2.37. The van der Waals surface area contributed by atoms with Crippen molar-refractivity contribution in [3.05, 3.63) is 59.7 Å². The molecule has 0 N–H and O–H groups in total. The van der Waals surface area contributed by atoms with Gasteiger partial charge in [-0.1, -0.05) is 51.1 Å². The summed E-state index contributed by atoms with van der Waals surface area (Å²) in [6.45, 7) is 10.6. The van der Waals surface area contributed by atoms with Crippen molar-refractivity contribution in [3.63, 3.8) is 0 Å². The second kappa shape index (κ2) is 9.68. The Labute approximate surface area is 179 Å². The van der Waals surface area contributed by atoms with Crippen LogP contribution in [0.15, 0.2) is 53.4 Å². The molecule has 29 heavy (non-hydrogen) atoms. The van der Waals surface area contributed by atoms with Crippen LogP contribution in [0.5, 0.6) is 0 Å². The third-order valence-corrected chi connectivity index (χ3v) is 6.26. The van der Waals surface area contributed by atoms with Crippen LogP contribution in [0.25, 0.3) is 0 Å². The van der Waals surface area contributed by atoms with E-state index in [1.165, 1.54) is 16.8 Å². The highest BCUT2D eigenvalue weighted by molar-refractivity contribution is 8.00. The van der Waals surface area contributed by atoms with E-state index in [9.17, 15) is 4.79 Å². The van der Waals surface area contributed by atoms with Gasteiger partial charge < -0.3 is 14.5 Å². The number of rotatable bonds is 6. The quantitative estimate of drug-likeness (QED) is 0.651. The van der Waals surface area contributed by atoms with Gasteiger partial charge in [-0.3, -0.25) is 4.79 Å². The molecular weight excluding hydrogens is 380 g/mol. The standard InChI is InChI=1S/C24H32N2O2S/c1-24(2,3)20-9-11-21(12-10-20)29-18-23(27)25(4)17-19-7-5-6-8-22(19)26-13-15-28-16-14-26/h5-12H,13-18H2,1-4H3. The molecule has 0 aromatic heterocycles. The van der Waals surface area contributed by atoms with Gasteiger partial charge in [-0.25, -0.2) is 0 Å². The maximum absolute atomic E-state index is 12.7. The predicted molar refractivity (Wildman–Crippen MR) is 122 cm³/mol. The molecule has 4 nitrogen and oxygen atoms in total. The van der Waals surface area contributed by atoms with E-state index in [0.717, 1.165) is 31.2 Å². The Morgan fingerprint density at radius 3 is 2.38 bits per heavy atom. The molecule has 1 aliphatic rings. The molecule has 1 aliphatic heterocycles. The minimum Gasteiger partial charge on any atom is -0.378 e. The van der Waals surface area contributed by atoms with E-state index in [-0.39, 0.29) is 11.3 Å². The van der Waals surface area contributed by atoms with Gasteiger partial charge in [0.05, 0.1) is 19.0 Å². The highest BCUT2D eigenvalue weighted by Crippen LogP contribution is 2.26. The van der Waals surface area contributed by atoms with Gasteiger partial charge in [-0.15, -0.1) is 11.8 Å². The van der Waals surface area contributed by atoms with Crippen LogP contribution >= 0.6 is 11.8 Å². The van der Waals surface area contributed by atoms with E-state index in [1.54, 1.807) is 11.8 Å². The molecule has 3 rings (SSSR count). The number of anilines is 1. The van der Waals surface area contributed by atoms with Crippen LogP contribution in [-0.4, -0.2) is 49.9 Å². The molecule has 0 unspecified atom stereocenters. The van der Waals surface area contributed by atoms with Crippen molar-refractivity contribution in [3.8, 4) is 0 Å². The first-order chi connectivity index (χ1) is 13.8. The molecule has 1 saturated heterocycles. The van der Waals surface area contributed by atoms with Gasteiger partial charge in [-0.2, -0.15) is 0 Å². The molecule has 0 atom stereocenters. The molecule has 2 aromatic rings. The Balaban J connectivity index is 1.57. The summed E-state index contributed by atoms with van der Waals surface area (Å²) in [5.74, 6) is 0.595. The van der Waals surface area contributed by atoms with Crippen molar-refractivity contribution in [1.82, 2.24) is 4.90 Å². The second-order valence-electron chi connectivity index (χ2n) is 8.54. The fraction of sp³-hybridized carbons (Fsp3) is 0.458. The monoisotopic (exact) mass is 412 g/mol. The molecule has 0 aliphatic carbocycles. The van der Waals surface area contributed by atoms with Gasteiger partial charge in [0.2, 0.25) is 5.91 Å². The first-order valence-electron chi connectivity index (χ1n) is 10.2. The van der Waals surface area contributed by atoms with Gasteiger partial charge in [0.15, 0.2) is 0 Å². The SMILES string of the molecule is CN(Cc1ccccc1N1CCOCC1)C(=O)CSc1ccc(C(C)(C)C)cc1. The molecule has 0 radical (unpaired) electrons. The summed E-state index contributed by atoms with van der Waals surface area (Å²) in [4.78, 5) is 18.0. The second-order valence-corrected chi connectivity index (χ2v) is 9.59. The van der Waals surface area contributed by atoms with Gasteiger partial charge in [-0.05, 0) is 34.7 Å². The number of carbonyl (C=O) groups excluding carboxylic acids is 1. The molecule has 1 amide bonds. The number of benzene rings is 2. The maximum Gasteiger partial charge on any atom is 0.232 e. The van der Waals surface area contributed by atoms with Crippen molar-refractivity contribution in [2.24, 2.45) is 0 Å². The van der Waals surface area contributed by atoms with Crippen molar-refractivity contribution in [2.45, 2.75) is 37.6 Å². The topological polar surface area (TPSA) is 32.8 Å². The highest BCUT2D eigenvalue weighted by Gasteiger charge is 2.17. The Morgan fingerprint density at radius 1 is 1.07 bits per heavy atom. The van der Waals surface area contributed by atoms with Crippen molar-refractivity contribution < 1.29 is 9.53 Å². The molecule has 5 heteroatoms. The summed E-state index contributed by atoms with van der Waals surface area (Å²) >= 11 is 1.60. The molecule has 0 spiro atoms. The zero-order chi connectivity index (χ0) is 20.9. The number of nitrogens with zero attached hydrogens (tertiary/aromatic N) is 2. The van der Waals surface area contributed by atoms with Crippen LogP contribution in [0.4, 0.5) is 5.69 Å². The summed E-state index contributed by atoms with van der Waals surface area (Å²) in [5, 5.41) is 0. The normalized spacial score (nSPS) is 14.7. The summed E-state index contributed by atoms with van der Waals surface area (Å²) in [6, 6.07) is 16.9. The van der Waals surface area contributed by atoms with Crippen LogP contribution < -0.4 is 4.90 Å². The van der Waals surface area contributed by atoms with Crippen molar-refractivity contribution in [2.75, 3.05) is 44.0 Å². The van der Waals surface area contributed by atoms with E-state index in [4.69, 9.17) is 4.74 Å². The predicted octanol–water partition coefficient (Wildman–Crippen LogP) is 4.57. The molecule has 1 heterocycles. The van der Waals surface area contributed by atoms with Gasteiger partial charge >= 0.3 is 0 Å². The maximum atomic E-state index is 12.7. The first-order valence-corrected chi connectivity index (χ1v) is 11.2. The molecule has 0 saturated carbocycles. The average molecular weight is 413 g/mol. The Bertz CT molecular complexity index is 808. The Morgan fingerprint density at radius 2 is 1.72 bits per heavy atom. The summed E-state index contributed by atoms with van der Waals surface area (Å²) in [5.41, 5.74) is 3.85. The molecular formula is C24H32N2O2S. The minimum atomic E-state index is 0.145. The first kappa shape index (κ1) is 21.7. The van der Waals surface area contributed by atoms with E-state index in [0.29, 0.717) is 12.3 Å². The Hall–Kier alpha value is -1.98. The van der Waals surface area contributed by atoms with Gasteiger partial charge in [0, 0.05) is 37.3 Å². The number of carbonyl (C=O) groups is 1. The third kappa shape index (κ3) is 6.00. The number of para-hydroxylation sites is 1. The van der Waals surface area contributed by atoms with Crippen LogP contribution in [0, 0.1) is 0 Å². The van der Waals surface area contributed by atoms with E-state index >= 15 is 0 Å². The lowest BCUT2D eigenvalue weighted by Gasteiger charge is -2.31. The minimum absolute atomic E-state index is 0.145. The van der Waals surface area contributed by atoms with Crippen LogP contribution in [0.2, 0.25) is 0 Å². The molecule has 1 fully saturated rings. The van der Waals surface area contributed by atoms with Crippen LogP contribution in [-0.2, 0) is 21.5 Å². The lowest BCUT2D eigenvalue weighted by atomic mass is 9.87. The molecule has 156 valence electrons. The largest absolute Gasteiger partial charge is 0.378 e. The van der Waals surface area contributed by atoms with E-state index < -0.39 is 0 Å². The van der Waals surface area contributed by atoms with Crippen LogP contribution in [0.1, 0.15) is 31.9 Å². The number of thioether (sulfide) groups is 1. The van der Waals surface area contributed by atoms with Crippen LogP contribution in [0.3, 0.4) is 0 Å². The summed E-state index contributed by atoms with van der Waals surface area (Å²) in [6.07, 6.45) is 0. The summed E-state index contributed by atoms with van der Waals surface area (Å²) in [7, 11) is 1.89. The highest BCUT2D eigenvalue weighted by atomic mass is 32.2. The average Bonchev–Trinajstić information content (AvgIpc) is 2.72. The fourth-order valence-electron chi connectivity index (χ4n) is 3.41. The fourth-order valence-corrected chi connectivity index (χ4v) is 4.25.